The van der Waals surface area contributed by atoms with Crippen molar-refractivity contribution in [3.63, 3.8) is 0 Å². The highest BCUT2D eigenvalue weighted by atomic mass is 32.1. The summed E-state index contributed by atoms with van der Waals surface area (Å²) < 4.78 is 5.40. The van der Waals surface area contributed by atoms with Crippen molar-refractivity contribution in [3.8, 4) is 0 Å². The van der Waals surface area contributed by atoms with E-state index < -0.39 is 5.60 Å². The van der Waals surface area contributed by atoms with Gasteiger partial charge in [0.15, 0.2) is 5.60 Å². The Morgan fingerprint density at radius 1 is 1.11 bits per heavy atom. The first-order valence-electron chi connectivity index (χ1n) is 8.75. The van der Waals surface area contributed by atoms with Crippen molar-refractivity contribution in [2.75, 3.05) is 11.9 Å². The van der Waals surface area contributed by atoms with E-state index in [0.717, 1.165) is 0 Å². The predicted octanol–water partition coefficient (Wildman–Crippen LogP) is 4.70. The predicted molar refractivity (Wildman–Crippen MR) is 108 cm³/mol. The SMILES string of the molecule is CC(C)(C)c1ccc(NC(=O)NCC(O)(c2ccco2)c2cccs2)cc1. The summed E-state index contributed by atoms with van der Waals surface area (Å²) in [4.78, 5) is 13.0. The lowest BCUT2D eigenvalue weighted by molar-refractivity contribution is 0.0628. The highest BCUT2D eigenvalue weighted by Crippen LogP contribution is 2.32. The van der Waals surface area contributed by atoms with E-state index in [1.54, 1.807) is 12.1 Å². The van der Waals surface area contributed by atoms with Crippen LogP contribution in [0, 0.1) is 0 Å². The van der Waals surface area contributed by atoms with Crippen LogP contribution in [-0.2, 0) is 11.0 Å². The lowest BCUT2D eigenvalue weighted by atomic mass is 9.87. The Labute approximate surface area is 163 Å². The molecule has 3 aromatic rings. The topological polar surface area (TPSA) is 74.5 Å². The van der Waals surface area contributed by atoms with Crippen LogP contribution in [0.15, 0.2) is 64.6 Å². The molecule has 0 saturated heterocycles. The highest BCUT2D eigenvalue weighted by molar-refractivity contribution is 7.10. The number of hydrogen-bond donors (Lipinski definition) is 3. The van der Waals surface area contributed by atoms with Crippen molar-refractivity contribution in [1.29, 1.82) is 0 Å². The molecule has 0 saturated carbocycles. The number of amides is 2. The van der Waals surface area contributed by atoms with Crippen molar-refractivity contribution in [3.05, 3.63) is 76.4 Å². The fraction of sp³-hybridized carbons (Fsp3) is 0.286. The van der Waals surface area contributed by atoms with E-state index in [-0.39, 0.29) is 18.0 Å². The summed E-state index contributed by atoms with van der Waals surface area (Å²) in [5.41, 5.74) is 0.531. The third-order valence-electron chi connectivity index (χ3n) is 4.37. The first-order chi connectivity index (χ1) is 12.8. The van der Waals surface area contributed by atoms with E-state index in [1.165, 1.54) is 23.2 Å². The molecule has 142 valence electrons. The second kappa shape index (κ2) is 7.58. The average Bonchev–Trinajstić information content (AvgIpc) is 3.33. The van der Waals surface area contributed by atoms with Gasteiger partial charge in [-0.05, 0) is 46.7 Å². The molecule has 3 N–H and O–H groups in total. The number of furan rings is 1. The van der Waals surface area contributed by atoms with Crippen LogP contribution in [0.3, 0.4) is 0 Å². The fourth-order valence-electron chi connectivity index (χ4n) is 2.76. The van der Waals surface area contributed by atoms with Gasteiger partial charge in [-0.15, -0.1) is 11.3 Å². The molecule has 2 heterocycles. The summed E-state index contributed by atoms with van der Waals surface area (Å²) in [6.07, 6.45) is 1.50. The van der Waals surface area contributed by atoms with Gasteiger partial charge in [-0.3, -0.25) is 0 Å². The molecule has 0 aliphatic rings. The molecule has 0 fully saturated rings. The summed E-state index contributed by atoms with van der Waals surface area (Å²) in [6.45, 7) is 6.42. The number of rotatable bonds is 5. The number of benzene rings is 1. The van der Waals surface area contributed by atoms with Crippen LogP contribution < -0.4 is 10.6 Å². The van der Waals surface area contributed by atoms with E-state index in [1.807, 2.05) is 41.8 Å². The van der Waals surface area contributed by atoms with Crippen LogP contribution in [-0.4, -0.2) is 17.7 Å². The van der Waals surface area contributed by atoms with Gasteiger partial charge in [-0.25, -0.2) is 4.79 Å². The van der Waals surface area contributed by atoms with Gasteiger partial charge < -0.3 is 20.2 Å². The Morgan fingerprint density at radius 2 is 1.85 bits per heavy atom. The zero-order valence-corrected chi connectivity index (χ0v) is 16.5. The molecule has 0 radical (unpaired) electrons. The lowest BCUT2D eigenvalue weighted by Gasteiger charge is -2.25. The minimum absolute atomic E-state index is 0.00701. The van der Waals surface area contributed by atoms with Crippen LogP contribution in [0.1, 0.15) is 37.0 Å². The zero-order valence-electron chi connectivity index (χ0n) is 15.7. The fourth-order valence-corrected chi connectivity index (χ4v) is 3.59. The molecule has 0 aliphatic heterocycles. The molecule has 27 heavy (non-hydrogen) atoms. The quantitative estimate of drug-likeness (QED) is 0.597. The number of carbonyl (C=O) groups excluding carboxylic acids is 1. The maximum atomic E-state index is 12.3. The van der Waals surface area contributed by atoms with E-state index in [4.69, 9.17) is 4.42 Å². The molecule has 5 nitrogen and oxygen atoms in total. The van der Waals surface area contributed by atoms with Gasteiger partial charge >= 0.3 is 6.03 Å². The zero-order chi connectivity index (χ0) is 19.5. The van der Waals surface area contributed by atoms with Crippen molar-refractivity contribution in [2.24, 2.45) is 0 Å². The lowest BCUT2D eigenvalue weighted by Crippen LogP contribution is -2.42. The van der Waals surface area contributed by atoms with Gasteiger partial charge in [0.05, 0.1) is 12.8 Å². The van der Waals surface area contributed by atoms with Gasteiger partial charge in [-0.1, -0.05) is 39.0 Å². The van der Waals surface area contributed by atoms with Crippen molar-refractivity contribution in [1.82, 2.24) is 5.32 Å². The highest BCUT2D eigenvalue weighted by Gasteiger charge is 2.36. The molecular weight excluding hydrogens is 360 g/mol. The molecule has 1 aromatic carbocycles. The third-order valence-corrected chi connectivity index (χ3v) is 5.39. The molecular formula is C21H24N2O3S. The second-order valence-electron chi connectivity index (χ2n) is 7.45. The first kappa shape index (κ1) is 19.2. The van der Waals surface area contributed by atoms with Gasteiger partial charge in [0.1, 0.15) is 5.76 Å². The molecule has 3 rings (SSSR count). The Morgan fingerprint density at radius 3 is 2.41 bits per heavy atom. The number of nitrogens with one attached hydrogen (secondary N) is 2. The molecule has 6 heteroatoms. The standard InChI is InChI=1S/C21H24N2O3S/c1-20(2,3)15-8-10-16(11-9-15)23-19(24)22-14-21(25,17-6-4-12-26-17)18-7-5-13-27-18/h4-13,25H,14H2,1-3H3,(H2,22,23,24). The maximum Gasteiger partial charge on any atom is 0.319 e. The summed E-state index contributed by atoms with van der Waals surface area (Å²) in [5, 5.41) is 18.6. The van der Waals surface area contributed by atoms with Crippen molar-refractivity contribution < 1.29 is 14.3 Å². The van der Waals surface area contributed by atoms with Crippen LogP contribution in [0.2, 0.25) is 0 Å². The van der Waals surface area contributed by atoms with E-state index in [2.05, 4.69) is 31.4 Å². The Kier molecular flexibility index (Phi) is 5.39. The number of aliphatic hydroxyl groups is 1. The van der Waals surface area contributed by atoms with Gasteiger partial charge in [0.25, 0.3) is 0 Å². The molecule has 2 aromatic heterocycles. The van der Waals surface area contributed by atoms with Crippen LogP contribution >= 0.6 is 11.3 Å². The monoisotopic (exact) mass is 384 g/mol. The summed E-state index contributed by atoms with van der Waals surface area (Å²) in [6, 6.07) is 14.4. The average molecular weight is 385 g/mol. The largest absolute Gasteiger partial charge is 0.466 e. The van der Waals surface area contributed by atoms with Gasteiger partial charge in [0.2, 0.25) is 0 Å². The van der Waals surface area contributed by atoms with Crippen LogP contribution in [0.4, 0.5) is 10.5 Å². The maximum absolute atomic E-state index is 12.3. The van der Waals surface area contributed by atoms with E-state index in [9.17, 15) is 9.90 Å². The van der Waals surface area contributed by atoms with Crippen molar-refractivity contribution in [2.45, 2.75) is 31.8 Å². The molecule has 2 amide bonds. The number of carbonyl (C=O) groups is 1. The van der Waals surface area contributed by atoms with Gasteiger partial charge in [-0.2, -0.15) is 0 Å². The minimum Gasteiger partial charge on any atom is -0.466 e. The van der Waals surface area contributed by atoms with Crippen LogP contribution in [0.5, 0.6) is 0 Å². The van der Waals surface area contributed by atoms with Gasteiger partial charge in [0, 0.05) is 10.6 Å². The molecule has 1 atom stereocenters. The summed E-state index contributed by atoms with van der Waals surface area (Å²) >= 11 is 1.41. The third kappa shape index (κ3) is 4.40. The number of anilines is 1. The second-order valence-corrected chi connectivity index (χ2v) is 8.40. The Balaban J connectivity index is 1.67. The normalized spacial score (nSPS) is 13.8. The smallest absolute Gasteiger partial charge is 0.319 e. The van der Waals surface area contributed by atoms with Crippen molar-refractivity contribution >= 4 is 23.1 Å². The van der Waals surface area contributed by atoms with Crippen LogP contribution in [0.25, 0.3) is 0 Å². The minimum atomic E-state index is -1.41. The van der Waals surface area contributed by atoms with E-state index >= 15 is 0 Å². The first-order valence-corrected chi connectivity index (χ1v) is 9.63. The Hall–Kier alpha value is -2.57. The summed E-state index contributed by atoms with van der Waals surface area (Å²) in [5.74, 6) is 0.389. The molecule has 1 unspecified atom stereocenters. The summed E-state index contributed by atoms with van der Waals surface area (Å²) in [7, 11) is 0. The number of thiophene rings is 1. The number of urea groups is 1. The molecule has 0 spiro atoms. The Bertz CT molecular complexity index is 829. The number of hydrogen-bond acceptors (Lipinski definition) is 4. The van der Waals surface area contributed by atoms with E-state index in [0.29, 0.717) is 16.3 Å². The molecule has 0 aliphatic carbocycles. The molecule has 0 bridgehead atoms.